The molecule has 15 heavy (non-hydrogen) atoms. The first-order valence-electron chi connectivity index (χ1n) is 4.65. The summed E-state index contributed by atoms with van der Waals surface area (Å²) in [6.07, 6.45) is 2.81. The number of amides is 1. The molecule has 0 aliphatic carbocycles. The number of hydrogen-bond acceptors (Lipinski definition) is 2. The number of aromatic nitrogens is 2. The molecule has 77 valence electrons. The third-order valence-corrected chi connectivity index (χ3v) is 2.31. The molecule has 1 aromatic carbocycles. The van der Waals surface area contributed by atoms with Crippen molar-refractivity contribution in [3.05, 3.63) is 30.1 Å². The topological polar surface area (TPSA) is 38.1 Å². The van der Waals surface area contributed by atoms with Gasteiger partial charge in [-0.05, 0) is 18.2 Å². The van der Waals surface area contributed by atoms with Crippen LogP contribution in [-0.4, -0.2) is 34.5 Å². The minimum absolute atomic E-state index is 0.00176. The molecule has 4 nitrogen and oxygen atoms in total. The van der Waals surface area contributed by atoms with E-state index >= 15 is 0 Å². The van der Waals surface area contributed by atoms with Crippen LogP contribution in [0.15, 0.2) is 18.2 Å². The van der Waals surface area contributed by atoms with E-state index in [1.165, 1.54) is 0 Å². The number of hydrogen-bond donors (Lipinski definition) is 0. The minimum Gasteiger partial charge on any atom is -0.345 e. The molecule has 0 aliphatic rings. The maximum atomic E-state index is 11.7. The van der Waals surface area contributed by atoms with Gasteiger partial charge in [-0.15, -0.1) is 0 Å². The number of imidazole rings is 1. The normalized spacial score (nSPS) is 10.6. The van der Waals surface area contributed by atoms with Crippen LogP contribution in [-0.2, 0) is 7.05 Å². The molecule has 0 bridgehead atoms. The number of nitrogens with zero attached hydrogens (tertiary/aromatic N) is 3. The Morgan fingerprint density at radius 3 is 2.87 bits per heavy atom. The van der Waals surface area contributed by atoms with Gasteiger partial charge in [0.05, 0.1) is 11.0 Å². The summed E-state index contributed by atoms with van der Waals surface area (Å²) in [7, 11) is 5.34. The van der Waals surface area contributed by atoms with Crippen molar-refractivity contribution in [3.8, 4) is 0 Å². The molecule has 0 fully saturated rings. The summed E-state index contributed by atoms with van der Waals surface area (Å²) in [6, 6.07) is 5.45. The average molecular weight is 202 g/mol. The molecule has 1 radical (unpaired) electrons. The summed E-state index contributed by atoms with van der Waals surface area (Å²) in [6.45, 7) is 0. The number of fused-ring (bicyclic) bond motifs is 1. The van der Waals surface area contributed by atoms with Crippen molar-refractivity contribution < 1.29 is 4.79 Å². The van der Waals surface area contributed by atoms with E-state index in [-0.39, 0.29) is 5.91 Å². The van der Waals surface area contributed by atoms with Gasteiger partial charge in [0.15, 0.2) is 6.33 Å². The van der Waals surface area contributed by atoms with Crippen LogP contribution >= 0.6 is 0 Å². The van der Waals surface area contributed by atoms with Crippen molar-refractivity contribution in [2.24, 2.45) is 7.05 Å². The van der Waals surface area contributed by atoms with Gasteiger partial charge in [0.2, 0.25) is 0 Å². The lowest BCUT2D eigenvalue weighted by Gasteiger charge is -2.09. The van der Waals surface area contributed by atoms with Gasteiger partial charge in [0.1, 0.15) is 0 Å². The second-order valence-electron chi connectivity index (χ2n) is 3.67. The second kappa shape index (κ2) is 3.38. The zero-order chi connectivity index (χ0) is 11.0. The first-order valence-corrected chi connectivity index (χ1v) is 4.65. The highest BCUT2D eigenvalue weighted by molar-refractivity contribution is 5.97. The van der Waals surface area contributed by atoms with Crippen LogP contribution in [0, 0.1) is 6.33 Å². The molecule has 0 N–H and O–H groups in total. The van der Waals surface area contributed by atoms with Crippen LogP contribution in [0.4, 0.5) is 0 Å². The van der Waals surface area contributed by atoms with Gasteiger partial charge >= 0.3 is 0 Å². The van der Waals surface area contributed by atoms with Crippen molar-refractivity contribution in [1.29, 1.82) is 0 Å². The number of carbonyl (C=O) groups excluding carboxylic acids is 1. The molecule has 2 rings (SSSR count). The van der Waals surface area contributed by atoms with E-state index in [0.29, 0.717) is 5.56 Å². The fourth-order valence-corrected chi connectivity index (χ4v) is 1.46. The molecule has 1 heterocycles. The SMILES string of the molecule is CN(C)C(=O)c1ccc2n[c]n(C)c2c1. The summed E-state index contributed by atoms with van der Waals surface area (Å²) in [5.41, 5.74) is 2.44. The summed E-state index contributed by atoms with van der Waals surface area (Å²) in [5, 5.41) is 0. The van der Waals surface area contributed by atoms with Crippen molar-refractivity contribution in [3.63, 3.8) is 0 Å². The Morgan fingerprint density at radius 2 is 2.20 bits per heavy atom. The Balaban J connectivity index is 2.55. The van der Waals surface area contributed by atoms with Gasteiger partial charge in [-0.2, -0.15) is 0 Å². The molecule has 0 saturated carbocycles. The van der Waals surface area contributed by atoms with Crippen LogP contribution in [0.25, 0.3) is 11.0 Å². The van der Waals surface area contributed by atoms with E-state index in [1.807, 2.05) is 19.2 Å². The number of rotatable bonds is 1. The largest absolute Gasteiger partial charge is 0.345 e. The minimum atomic E-state index is -0.00176. The van der Waals surface area contributed by atoms with Crippen molar-refractivity contribution in [2.75, 3.05) is 14.1 Å². The van der Waals surface area contributed by atoms with Crippen LogP contribution in [0.5, 0.6) is 0 Å². The highest BCUT2D eigenvalue weighted by Gasteiger charge is 2.09. The molecule has 0 aliphatic heterocycles. The molecule has 0 saturated heterocycles. The van der Waals surface area contributed by atoms with E-state index in [2.05, 4.69) is 11.3 Å². The van der Waals surface area contributed by atoms with Crippen LogP contribution < -0.4 is 0 Å². The smallest absolute Gasteiger partial charge is 0.253 e. The predicted octanol–water partition coefficient (Wildman–Crippen LogP) is 1.08. The first-order chi connectivity index (χ1) is 7.09. The molecule has 0 unspecified atom stereocenters. The molecule has 0 atom stereocenters. The molecule has 2 aromatic rings. The summed E-state index contributed by atoms with van der Waals surface area (Å²) in [4.78, 5) is 17.3. The van der Waals surface area contributed by atoms with E-state index < -0.39 is 0 Å². The molecule has 0 spiro atoms. The van der Waals surface area contributed by atoms with E-state index in [4.69, 9.17) is 0 Å². The lowest BCUT2D eigenvalue weighted by atomic mass is 10.2. The molecule has 1 aromatic heterocycles. The number of aryl methyl sites for hydroxylation is 1. The fraction of sp³-hybridized carbons (Fsp3) is 0.273. The van der Waals surface area contributed by atoms with Gasteiger partial charge < -0.3 is 9.47 Å². The van der Waals surface area contributed by atoms with Gasteiger partial charge in [0, 0.05) is 26.7 Å². The zero-order valence-corrected chi connectivity index (χ0v) is 8.98. The molecule has 1 amide bonds. The van der Waals surface area contributed by atoms with Gasteiger partial charge in [-0.3, -0.25) is 4.79 Å². The number of benzene rings is 1. The van der Waals surface area contributed by atoms with Crippen LogP contribution in [0.2, 0.25) is 0 Å². The van der Waals surface area contributed by atoms with Gasteiger partial charge in [0.25, 0.3) is 5.91 Å². The Hall–Kier alpha value is -1.84. The lowest BCUT2D eigenvalue weighted by molar-refractivity contribution is 0.0828. The summed E-state index contributed by atoms with van der Waals surface area (Å²) < 4.78 is 1.78. The summed E-state index contributed by atoms with van der Waals surface area (Å²) >= 11 is 0. The second-order valence-corrected chi connectivity index (χ2v) is 3.67. The Kier molecular flexibility index (Phi) is 2.19. The van der Waals surface area contributed by atoms with Gasteiger partial charge in [-0.1, -0.05) is 0 Å². The van der Waals surface area contributed by atoms with Crippen LogP contribution in [0.1, 0.15) is 10.4 Å². The standard InChI is InChI=1S/C11H12N3O/c1-13(2)11(15)8-4-5-9-10(6-8)14(3)7-12-9/h4-6H,1-3H3. The highest BCUT2D eigenvalue weighted by Crippen LogP contribution is 2.14. The third kappa shape index (κ3) is 1.58. The fourth-order valence-electron chi connectivity index (χ4n) is 1.46. The third-order valence-electron chi connectivity index (χ3n) is 2.31. The number of carbonyl (C=O) groups is 1. The average Bonchev–Trinajstić information content (AvgIpc) is 2.59. The monoisotopic (exact) mass is 202 g/mol. The maximum absolute atomic E-state index is 11.7. The molecule has 4 heteroatoms. The van der Waals surface area contributed by atoms with Crippen molar-refractivity contribution >= 4 is 16.9 Å². The first kappa shape index (κ1) is 9.71. The summed E-state index contributed by atoms with van der Waals surface area (Å²) in [5.74, 6) is -0.00176. The van der Waals surface area contributed by atoms with Gasteiger partial charge in [-0.25, -0.2) is 4.98 Å². The zero-order valence-electron chi connectivity index (χ0n) is 8.98. The van der Waals surface area contributed by atoms with E-state index in [0.717, 1.165) is 11.0 Å². The van der Waals surface area contributed by atoms with Crippen molar-refractivity contribution in [1.82, 2.24) is 14.5 Å². The van der Waals surface area contributed by atoms with E-state index in [1.54, 1.807) is 29.6 Å². The Morgan fingerprint density at radius 1 is 1.47 bits per heavy atom. The predicted molar refractivity (Wildman–Crippen MR) is 57.6 cm³/mol. The maximum Gasteiger partial charge on any atom is 0.253 e. The van der Waals surface area contributed by atoms with Crippen molar-refractivity contribution in [2.45, 2.75) is 0 Å². The Bertz CT molecular complexity index is 514. The molecular weight excluding hydrogens is 190 g/mol. The van der Waals surface area contributed by atoms with E-state index in [9.17, 15) is 4.79 Å². The quantitative estimate of drug-likeness (QED) is 0.694. The lowest BCUT2D eigenvalue weighted by Crippen LogP contribution is -2.21. The molecular formula is C11H12N3O. The highest BCUT2D eigenvalue weighted by atomic mass is 16.2. The Labute approximate surface area is 88.1 Å². The van der Waals surface area contributed by atoms with Crippen LogP contribution in [0.3, 0.4) is 0 Å².